The summed E-state index contributed by atoms with van der Waals surface area (Å²) in [5, 5.41) is 5.99. The van der Waals surface area contributed by atoms with Crippen LogP contribution in [0.4, 0.5) is 10.5 Å². The second kappa shape index (κ2) is 11.2. The van der Waals surface area contributed by atoms with E-state index in [4.69, 9.17) is 0 Å². The summed E-state index contributed by atoms with van der Waals surface area (Å²) in [6.45, 7) is 4.60. The third-order valence-corrected chi connectivity index (χ3v) is 6.86. The van der Waals surface area contributed by atoms with Crippen LogP contribution in [0, 0.1) is 12.8 Å². The first-order valence-electron chi connectivity index (χ1n) is 12.3. The van der Waals surface area contributed by atoms with Crippen LogP contribution < -0.4 is 10.6 Å². The van der Waals surface area contributed by atoms with Crippen LogP contribution >= 0.6 is 0 Å². The summed E-state index contributed by atoms with van der Waals surface area (Å²) in [5.74, 6) is -0.229. The average Bonchev–Trinajstić information content (AvgIpc) is 2.89. The van der Waals surface area contributed by atoms with Crippen molar-refractivity contribution in [3.63, 3.8) is 0 Å². The number of nitrogens with zero attached hydrogens (tertiary/aromatic N) is 2. The molecule has 0 aliphatic carbocycles. The van der Waals surface area contributed by atoms with Crippen LogP contribution in [0.1, 0.15) is 48.0 Å². The minimum absolute atomic E-state index is 0.00605. The van der Waals surface area contributed by atoms with Crippen molar-refractivity contribution in [2.75, 3.05) is 31.5 Å². The lowest BCUT2D eigenvalue weighted by Gasteiger charge is -2.38. The maximum atomic E-state index is 13.5. The Morgan fingerprint density at radius 2 is 1.47 bits per heavy atom. The number of piperidine rings is 2. The average molecular weight is 463 g/mol. The van der Waals surface area contributed by atoms with Crippen LogP contribution in [0.15, 0.2) is 54.6 Å². The molecule has 2 N–H and O–H groups in total. The second-order valence-corrected chi connectivity index (χ2v) is 9.32. The zero-order valence-electron chi connectivity index (χ0n) is 19.8. The smallest absolute Gasteiger partial charge is 0.321 e. The molecule has 2 fully saturated rings. The van der Waals surface area contributed by atoms with Crippen molar-refractivity contribution in [2.24, 2.45) is 5.92 Å². The predicted molar refractivity (Wildman–Crippen MR) is 133 cm³/mol. The van der Waals surface area contributed by atoms with Gasteiger partial charge in [0.25, 0.3) is 5.91 Å². The van der Waals surface area contributed by atoms with Gasteiger partial charge in [-0.05, 0) is 69.2 Å². The zero-order chi connectivity index (χ0) is 23.9. The first kappa shape index (κ1) is 23.8. The van der Waals surface area contributed by atoms with Crippen LogP contribution in [-0.4, -0.2) is 59.9 Å². The molecule has 34 heavy (non-hydrogen) atoms. The molecule has 2 heterocycles. The Morgan fingerprint density at radius 1 is 0.824 bits per heavy atom. The third kappa shape index (κ3) is 5.95. The Bertz CT molecular complexity index is 979. The topological polar surface area (TPSA) is 81.8 Å². The second-order valence-electron chi connectivity index (χ2n) is 9.32. The Labute approximate surface area is 201 Å². The lowest BCUT2D eigenvalue weighted by molar-refractivity contribution is -0.136. The highest BCUT2D eigenvalue weighted by Gasteiger charge is 2.36. The molecule has 2 aromatic rings. The van der Waals surface area contributed by atoms with Crippen LogP contribution in [-0.2, 0) is 4.79 Å². The SMILES string of the molecule is Cc1ccc(NC(=O)N2CCC([C@@H](NC(=O)c3ccccc3)C(=O)N3CCCCC3)CC2)cc1. The van der Waals surface area contributed by atoms with Crippen LogP contribution in [0.25, 0.3) is 0 Å². The highest BCUT2D eigenvalue weighted by molar-refractivity contribution is 5.97. The lowest BCUT2D eigenvalue weighted by Crippen LogP contribution is -2.55. The molecule has 4 rings (SSSR count). The third-order valence-electron chi connectivity index (χ3n) is 6.86. The summed E-state index contributed by atoms with van der Waals surface area (Å²) in [6, 6.07) is 16.0. The van der Waals surface area contributed by atoms with Gasteiger partial charge in [-0.1, -0.05) is 35.9 Å². The highest BCUT2D eigenvalue weighted by Crippen LogP contribution is 2.24. The number of carbonyl (C=O) groups excluding carboxylic acids is 3. The molecular weight excluding hydrogens is 428 g/mol. The van der Waals surface area contributed by atoms with Gasteiger partial charge in [0, 0.05) is 37.4 Å². The van der Waals surface area contributed by atoms with Crippen molar-refractivity contribution in [3.8, 4) is 0 Å². The molecule has 1 atom stereocenters. The molecule has 0 spiro atoms. The number of rotatable bonds is 5. The van der Waals surface area contributed by atoms with E-state index in [-0.39, 0.29) is 23.8 Å². The number of aryl methyl sites for hydroxylation is 1. The van der Waals surface area contributed by atoms with E-state index < -0.39 is 6.04 Å². The number of likely N-dealkylation sites (tertiary alicyclic amines) is 2. The van der Waals surface area contributed by atoms with Gasteiger partial charge in [-0.2, -0.15) is 0 Å². The number of hydrogen-bond acceptors (Lipinski definition) is 3. The largest absolute Gasteiger partial charge is 0.341 e. The number of hydrogen-bond donors (Lipinski definition) is 2. The van der Waals surface area contributed by atoms with Crippen LogP contribution in [0.5, 0.6) is 0 Å². The van der Waals surface area contributed by atoms with E-state index in [1.54, 1.807) is 17.0 Å². The lowest BCUT2D eigenvalue weighted by atomic mass is 9.88. The van der Waals surface area contributed by atoms with Crippen molar-refractivity contribution >= 4 is 23.5 Å². The van der Waals surface area contributed by atoms with Gasteiger partial charge in [0.15, 0.2) is 0 Å². The molecule has 0 saturated carbocycles. The first-order chi connectivity index (χ1) is 16.5. The summed E-state index contributed by atoms with van der Waals surface area (Å²) in [7, 11) is 0. The summed E-state index contributed by atoms with van der Waals surface area (Å²) in [6.07, 6.45) is 4.48. The van der Waals surface area contributed by atoms with Gasteiger partial charge in [0.1, 0.15) is 6.04 Å². The summed E-state index contributed by atoms with van der Waals surface area (Å²) in [5.41, 5.74) is 2.46. The predicted octanol–water partition coefficient (Wildman–Crippen LogP) is 4.05. The molecule has 7 heteroatoms. The quantitative estimate of drug-likeness (QED) is 0.703. The first-order valence-corrected chi connectivity index (χ1v) is 12.3. The van der Waals surface area contributed by atoms with Crippen molar-refractivity contribution < 1.29 is 14.4 Å². The van der Waals surface area contributed by atoms with E-state index in [1.165, 1.54) is 0 Å². The van der Waals surface area contributed by atoms with Crippen LogP contribution in [0.3, 0.4) is 0 Å². The maximum absolute atomic E-state index is 13.5. The molecule has 4 amide bonds. The fourth-order valence-electron chi connectivity index (χ4n) is 4.78. The van der Waals surface area contributed by atoms with Gasteiger partial charge in [-0.3, -0.25) is 9.59 Å². The van der Waals surface area contributed by atoms with Crippen molar-refractivity contribution in [3.05, 3.63) is 65.7 Å². The summed E-state index contributed by atoms with van der Waals surface area (Å²) >= 11 is 0. The molecule has 0 unspecified atom stereocenters. The van der Waals surface area contributed by atoms with E-state index in [0.717, 1.165) is 43.6 Å². The van der Waals surface area contributed by atoms with E-state index in [1.807, 2.05) is 54.3 Å². The summed E-state index contributed by atoms with van der Waals surface area (Å²) < 4.78 is 0. The van der Waals surface area contributed by atoms with E-state index in [0.29, 0.717) is 31.5 Å². The van der Waals surface area contributed by atoms with E-state index >= 15 is 0 Å². The molecule has 2 saturated heterocycles. The van der Waals surface area contributed by atoms with E-state index in [9.17, 15) is 14.4 Å². The number of amides is 4. The number of benzene rings is 2. The van der Waals surface area contributed by atoms with Crippen molar-refractivity contribution in [2.45, 2.75) is 45.1 Å². The summed E-state index contributed by atoms with van der Waals surface area (Å²) in [4.78, 5) is 42.8. The molecule has 180 valence electrons. The van der Waals surface area contributed by atoms with Gasteiger partial charge in [-0.25, -0.2) is 4.79 Å². The van der Waals surface area contributed by atoms with Crippen molar-refractivity contribution in [1.29, 1.82) is 0 Å². The zero-order valence-corrected chi connectivity index (χ0v) is 19.8. The normalized spacial score (nSPS) is 17.7. The molecule has 7 nitrogen and oxygen atoms in total. The molecule has 2 aliphatic heterocycles. The standard InChI is InChI=1S/C27H34N4O3/c1-20-10-12-23(13-11-20)28-27(34)31-18-14-21(15-19-31)24(26(33)30-16-6-3-7-17-30)29-25(32)22-8-4-2-5-9-22/h2,4-5,8-13,21,24H,3,6-7,14-19H2,1H3,(H,28,34)(H,29,32)/t24-/m1/s1. The minimum atomic E-state index is -0.576. The number of anilines is 1. The molecule has 0 aromatic heterocycles. The Kier molecular flexibility index (Phi) is 7.83. The number of nitrogens with one attached hydrogen (secondary N) is 2. The van der Waals surface area contributed by atoms with E-state index in [2.05, 4.69) is 10.6 Å². The fourth-order valence-corrected chi connectivity index (χ4v) is 4.78. The molecule has 0 bridgehead atoms. The molecular formula is C27H34N4O3. The molecule has 2 aromatic carbocycles. The van der Waals surface area contributed by atoms with Crippen molar-refractivity contribution in [1.82, 2.24) is 15.1 Å². The van der Waals surface area contributed by atoms with Gasteiger partial charge < -0.3 is 20.4 Å². The van der Waals surface area contributed by atoms with Gasteiger partial charge in [-0.15, -0.1) is 0 Å². The minimum Gasteiger partial charge on any atom is -0.341 e. The maximum Gasteiger partial charge on any atom is 0.321 e. The molecule has 2 aliphatic rings. The van der Waals surface area contributed by atoms with Gasteiger partial charge in [0.05, 0.1) is 0 Å². The Balaban J connectivity index is 1.40. The Morgan fingerprint density at radius 3 is 2.12 bits per heavy atom. The highest BCUT2D eigenvalue weighted by atomic mass is 16.2. The molecule has 0 radical (unpaired) electrons. The van der Waals surface area contributed by atoms with Crippen LogP contribution in [0.2, 0.25) is 0 Å². The number of carbonyl (C=O) groups is 3. The van der Waals surface area contributed by atoms with Gasteiger partial charge in [0.2, 0.25) is 5.91 Å². The fraction of sp³-hybridized carbons (Fsp3) is 0.444. The number of urea groups is 1. The monoisotopic (exact) mass is 462 g/mol. The Hall–Kier alpha value is -3.35. The van der Waals surface area contributed by atoms with Gasteiger partial charge >= 0.3 is 6.03 Å².